The molecule has 0 spiro atoms. The number of aromatic nitrogens is 2. The first-order chi connectivity index (χ1) is 11.6. The second-order valence-corrected chi connectivity index (χ2v) is 6.93. The lowest BCUT2D eigenvalue weighted by Crippen LogP contribution is -2.41. The summed E-state index contributed by atoms with van der Waals surface area (Å²) in [5, 5.41) is 13.3. The summed E-state index contributed by atoms with van der Waals surface area (Å²) < 4.78 is 2.92. The molecule has 0 aliphatic heterocycles. The Balaban J connectivity index is 1.83. The number of hydrogen-bond acceptors (Lipinski definition) is 4. The Morgan fingerprint density at radius 1 is 1.38 bits per heavy atom. The summed E-state index contributed by atoms with van der Waals surface area (Å²) in [7, 11) is 0. The molecule has 1 aromatic carbocycles. The quantitative estimate of drug-likeness (QED) is 0.722. The van der Waals surface area contributed by atoms with Crippen molar-refractivity contribution in [2.45, 2.75) is 26.3 Å². The van der Waals surface area contributed by atoms with E-state index in [0.29, 0.717) is 5.56 Å². The fourth-order valence-electron chi connectivity index (χ4n) is 2.53. The van der Waals surface area contributed by atoms with E-state index in [0.717, 1.165) is 21.8 Å². The van der Waals surface area contributed by atoms with E-state index in [1.165, 1.54) is 0 Å². The third-order valence-corrected chi connectivity index (χ3v) is 5.34. The van der Waals surface area contributed by atoms with Crippen molar-refractivity contribution in [3.63, 3.8) is 0 Å². The lowest BCUT2D eigenvalue weighted by molar-refractivity contribution is 0.0891. The molecule has 2 heterocycles. The van der Waals surface area contributed by atoms with Crippen LogP contribution in [0.1, 0.15) is 30.6 Å². The predicted molar refractivity (Wildman–Crippen MR) is 96.7 cm³/mol. The van der Waals surface area contributed by atoms with Crippen molar-refractivity contribution in [3.8, 4) is 5.13 Å². The minimum Gasteiger partial charge on any atom is -0.394 e. The highest BCUT2D eigenvalue weighted by Crippen LogP contribution is 2.26. The van der Waals surface area contributed by atoms with Crippen LogP contribution in [0.2, 0.25) is 0 Å². The van der Waals surface area contributed by atoms with Crippen LogP contribution in [0.4, 0.5) is 0 Å². The molecular weight excluding hydrogens is 322 g/mol. The van der Waals surface area contributed by atoms with Crippen molar-refractivity contribution in [3.05, 3.63) is 48.3 Å². The van der Waals surface area contributed by atoms with E-state index < -0.39 is 0 Å². The number of aliphatic hydroxyl groups is 1. The molecule has 3 rings (SSSR count). The fourth-order valence-corrected chi connectivity index (χ4v) is 3.50. The second-order valence-electron chi connectivity index (χ2n) is 5.92. The minimum absolute atomic E-state index is 0.0542. The van der Waals surface area contributed by atoms with E-state index >= 15 is 0 Å². The fraction of sp³-hybridized carbons (Fsp3) is 0.333. The number of fused-ring (bicyclic) bond motifs is 1. The number of carbonyl (C=O) groups is 1. The molecule has 24 heavy (non-hydrogen) atoms. The van der Waals surface area contributed by atoms with Crippen LogP contribution in [-0.2, 0) is 0 Å². The van der Waals surface area contributed by atoms with Gasteiger partial charge in [-0.3, -0.25) is 4.79 Å². The van der Waals surface area contributed by atoms with E-state index in [4.69, 9.17) is 0 Å². The van der Waals surface area contributed by atoms with Crippen LogP contribution in [0.15, 0.2) is 42.7 Å². The highest BCUT2D eigenvalue weighted by atomic mass is 32.1. The molecule has 2 N–H and O–H groups in total. The molecule has 2 aromatic heterocycles. The Bertz CT molecular complexity index is 826. The number of carbonyl (C=O) groups excluding carboxylic acids is 1. The van der Waals surface area contributed by atoms with Gasteiger partial charge in [-0.05, 0) is 36.2 Å². The normalized spacial score (nSPS) is 13.8. The van der Waals surface area contributed by atoms with Crippen LogP contribution >= 0.6 is 11.3 Å². The van der Waals surface area contributed by atoms with Crippen molar-refractivity contribution >= 4 is 27.5 Å². The smallest absolute Gasteiger partial charge is 0.251 e. The van der Waals surface area contributed by atoms with Gasteiger partial charge in [0.15, 0.2) is 5.13 Å². The maximum absolute atomic E-state index is 12.5. The number of benzene rings is 1. The number of rotatable bonds is 6. The SMILES string of the molecule is CC[C@@H](C)[C@@H](CO)NC(=O)c1ccc2nc(-n3cccc3)sc2c1. The van der Waals surface area contributed by atoms with E-state index in [1.807, 2.05) is 55.1 Å². The van der Waals surface area contributed by atoms with Gasteiger partial charge in [0.05, 0.1) is 22.9 Å². The minimum atomic E-state index is -0.227. The Hall–Kier alpha value is -2.18. The number of aliphatic hydroxyl groups excluding tert-OH is 1. The lowest BCUT2D eigenvalue weighted by atomic mass is 9.99. The zero-order valence-electron chi connectivity index (χ0n) is 13.8. The van der Waals surface area contributed by atoms with Crippen molar-refractivity contribution in [1.82, 2.24) is 14.9 Å². The summed E-state index contributed by atoms with van der Waals surface area (Å²) in [6.07, 6.45) is 4.80. The van der Waals surface area contributed by atoms with Gasteiger partial charge < -0.3 is 15.0 Å². The highest BCUT2D eigenvalue weighted by molar-refractivity contribution is 7.20. The van der Waals surface area contributed by atoms with Gasteiger partial charge in [-0.1, -0.05) is 31.6 Å². The predicted octanol–water partition coefficient (Wildman–Crippen LogP) is 3.22. The maximum Gasteiger partial charge on any atom is 0.251 e. The molecule has 5 nitrogen and oxygen atoms in total. The Morgan fingerprint density at radius 3 is 2.79 bits per heavy atom. The molecule has 0 unspecified atom stereocenters. The first-order valence-electron chi connectivity index (χ1n) is 8.08. The number of nitrogens with zero attached hydrogens (tertiary/aromatic N) is 2. The number of amides is 1. The maximum atomic E-state index is 12.5. The van der Waals surface area contributed by atoms with Crippen molar-refractivity contribution < 1.29 is 9.90 Å². The van der Waals surface area contributed by atoms with E-state index in [-0.39, 0.29) is 24.5 Å². The topological polar surface area (TPSA) is 67.2 Å². The summed E-state index contributed by atoms with van der Waals surface area (Å²) in [4.78, 5) is 17.1. The summed E-state index contributed by atoms with van der Waals surface area (Å²) >= 11 is 1.54. The van der Waals surface area contributed by atoms with Gasteiger partial charge in [-0.2, -0.15) is 0 Å². The van der Waals surface area contributed by atoms with Gasteiger partial charge in [0.1, 0.15) is 0 Å². The van der Waals surface area contributed by atoms with E-state index in [9.17, 15) is 9.90 Å². The van der Waals surface area contributed by atoms with Crippen LogP contribution < -0.4 is 5.32 Å². The molecule has 0 saturated heterocycles. The Kier molecular flexibility index (Phi) is 4.97. The lowest BCUT2D eigenvalue weighted by Gasteiger charge is -2.22. The molecule has 0 saturated carbocycles. The zero-order valence-corrected chi connectivity index (χ0v) is 14.6. The van der Waals surface area contributed by atoms with Crippen LogP contribution in [0.5, 0.6) is 0 Å². The van der Waals surface area contributed by atoms with Crippen LogP contribution in [0.25, 0.3) is 15.3 Å². The molecule has 0 aliphatic rings. The van der Waals surface area contributed by atoms with Gasteiger partial charge in [0.2, 0.25) is 0 Å². The summed E-state index contributed by atoms with van der Waals surface area (Å²) in [6, 6.07) is 9.19. The third kappa shape index (κ3) is 3.34. The van der Waals surface area contributed by atoms with Crippen LogP contribution in [0, 0.1) is 5.92 Å². The molecule has 0 radical (unpaired) electrons. The average molecular weight is 343 g/mol. The van der Waals surface area contributed by atoms with Crippen LogP contribution in [-0.4, -0.2) is 33.2 Å². The largest absolute Gasteiger partial charge is 0.394 e. The molecular formula is C18H21N3O2S. The first-order valence-corrected chi connectivity index (χ1v) is 8.89. The first kappa shape index (κ1) is 16.7. The molecule has 0 bridgehead atoms. The standard InChI is InChI=1S/C18H21N3O2S/c1-3-12(2)15(11-22)19-17(23)13-6-7-14-16(10-13)24-18(20-14)21-8-4-5-9-21/h4-10,12,15,22H,3,11H2,1-2H3,(H,19,23)/t12-,15-/m1/s1. The molecule has 0 aliphatic carbocycles. The molecule has 0 fully saturated rings. The number of hydrogen-bond donors (Lipinski definition) is 2. The number of thiazole rings is 1. The average Bonchev–Trinajstić information content (AvgIpc) is 3.26. The van der Waals surface area contributed by atoms with Crippen LogP contribution in [0.3, 0.4) is 0 Å². The highest BCUT2D eigenvalue weighted by Gasteiger charge is 2.18. The van der Waals surface area contributed by atoms with E-state index in [2.05, 4.69) is 10.3 Å². The van der Waals surface area contributed by atoms with Gasteiger partial charge in [-0.25, -0.2) is 4.98 Å². The van der Waals surface area contributed by atoms with E-state index in [1.54, 1.807) is 17.4 Å². The Labute approximate surface area is 145 Å². The molecule has 1 amide bonds. The monoisotopic (exact) mass is 343 g/mol. The van der Waals surface area contributed by atoms with Gasteiger partial charge >= 0.3 is 0 Å². The Morgan fingerprint density at radius 2 is 2.12 bits per heavy atom. The third-order valence-electron chi connectivity index (χ3n) is 4.31. The van der Waals surface area contributed by atoms with Gasteiger partial charge in [-0.15, -0.1) is 0 Å². The summed E-state index contributed by atoms with van der Waals surface area (Å²) in [6.45, 7) is 4.02. The van der Waals surface area contributed by atoms with Gasteiger partial charge in [0.25, 0.3) is 5.91 Å². The van der Waals surface area contributed by atoms with Crippen molar-refractivity contribution in [2.24, 2.45) is 5.92 Å². The zero-order chi connectivity index (χ0) is 17.1. The van der Waals surface area contributed by atoms with Gasteiger partial charge in [0, 0.05) is 18.0 Å². The second kappa shape index (κ2) is 7.15. The van der Waals surface area contributed by atoms with Crippen molar-refractivity contribution in [1.29, 1.82) is 0 Å². The summed E-state index contributed by atoms with van der Waals surface area (Å²) in [5.41, 5.74) is 1.47. The number of nitrogens with one attached hydrogen (secondary N) is 1. The summed E-state index contributed by atoms with van der Waals surface area (Å²) in [5.74, 6) is 0.0681. The molecule has 2 atom stereocenters. The molecule has 6 heteroatoms. The molecule has 126 valence electrons. The van der Waals surface area contributed by atoms with Crippen molar-refractivity contribution in [2.75, 3.05) is 6.61 Å². The molecule has 3 aromatic rings.